The monoisotopic (exact) mass is 492 g/mol. The Kier molecular flexibility index (Phi) is 7.57. The first kappa shape index (κ1) is 23.0. The van der Waals surface area contributed by atoms with Gasteiger partial charge in [0.05, 0.1) is 12.7 Å². The third-order valence-electron chi connectivity index (χ3n) is 4.59. The summed E-state index contributed by atoms with van der Waals surface area (Å²) in [7, 11) is 1.57. The fraction of sp³-hybridized carbons (Fsp3) is 0.0800. The second-order valence-electron chi connectivity index (χ2n) is 6.85. The normalized spacial score (nSPS) is 10.9. The molecular formula is C25H21BrN2O4. The smallest absolute Gasteiger partial charge is 0.272 e. The maximum Gasteiger partial charge on any atom is 0.272 e. The van der Waals surface area contributed by atoms with E-state index in [1.54, 1.807) is 86.0 Å². The van der Waals surface area contributed by atoms with Gasteiger partial charge in [0.2, 0.25) is 0 Å². The van der Waals surface area contributed by atoms with Gasteiger partial charge in [-0.05, 0) is 83.0 Å². The van der Waals surface area contributed by atoms with Crippen LogP contribution in [0.15, 0.2) is 83.0 Å². The summed E-state index contributed by atoms with van der Waals surface area (Å²) < 4.78 is 5.78. The van der Waals surface area contributed by atoms with Crippen LogP contribution in [0.4, 0.5) is 5.69 Å². The highest BCUT2D eigenvalue weighted by Gasteiger charge is 2.17. The number of anilines is 1. The van der Waals surface area contributed by atoms with Crippen LogP contribution in [0.3, 0.4) is 0 Å². The minimum Gasteiger partial charge on any atom is -0.497 e. The van der Waals surface area contributed by atoms with E-state index in [4.69, 9.17) is 4.74 Å². The molecule has 162 valence electrons. The van der Waals surface area contributed by atoms with Crippen molar-refractivity contribution in [2.75, 3.05) is 12.4 Å². The van der Waals surface area contributed by atoms with Gasteiger partial charge in [0.25, 0.3) is 11.8 Å². The molecule has 3 aromatic carbocycles. The summed E-state index contributed by atoms with van der Waals surface area (Å²) in [6.45, 7) is 1.47. The Labute approximate surface area is 194 Å². The molecule has 7 heteroatoms. The third kappa shape index (κ3) is 5.92. The number of rotatable bonds is 7. The van der Waals surface area contributed by atoms with Crippen LogP contribution in [-0.4, -0.2) is 24.7 Å². The van der Waals surface area contributed by atoms with E-state index in [1.165, 1.54) is 6.92 Å². The number of amides is 2. The van der Waals surface area contributed by atoms with Crippen molar-refractivity contribution in [3.63, 3.8) is 0 Å². The van der Waals surface area contributed by atoms with Gasteiger partial charge in [0.15, 0.2) is 5.78 Å². The molecule has 0 saturated heterocycles. The molecule has 0 aliphatic carbocycles. The Hall–Kier alpha value is -3.71. The van der Waals surface area contributed by atoms with Crippen molar-refractivity contribution in [2.45, 2.75) is 6.92 Å². The molecule has 0 aliphatic rings. The van der Waals surface area contributed by atoms with Gasteiger partial charge in [-0.25, -0.2) is 0 Å². The molecule has 0 atom stereocenters. The number of carbonyl (C=O) groups excluding carboxylic acids is 3. The minimum absolute atomic E-state index is 0.0616. The highest BCUT2D eigenvalue weighted by atomic mass is 79.9. The summed E-state index contributed by atoms with van der Waals surface area (Å²) in [6, 6.07) is 20.5. The fourth-order valence-electron chi connectivity index (χ4n) is 2.85. The zero-order chi connectivity index (χ0) is 23.1. The third-order valence-corrected chi connectivity index (χ3v) is 5.28. The topological polar surface area (TPSA) is 84.5 Å². The number of ether oxygens (including phenoxy) is 1. The van der Waals surface area contributed by atoms with Crippen LogP contribution in [-0.2, 0) is 4.79 Å². The summed E-state index contributed by atoms with van der Waals surface area (Å²) in [5, 5.41) is 5.45. The Bertz CT molecular complexity index is 1170. The molecule has 0 fully saturated rings. The maximum absolute atomic E-state index is 13.0. The van der Waals surface area contributed by atoms with Gasteiger partial charge < -0.3 is 15.4 Å². The molecule has 0 aromatic heterocycles. The molecule has 2 N–H and O–H groups in total. The molecule has 3 rings (SSSR count). The number of hydrogen-bond acceptors (Lipinski definition) is 4. The van der Waals surface area contributed by atoms with Crippen LogP contribution in [0.25, 0.3) is 6.08 Å². The average Bonchev–Trinajstić information content (AvgIpc) is 2.79. The van der Waals surface area contributed by atoms with Gasteiger partial charge in [0, 0.05) is 15.7 Å². The highest BCUT2D eigenvalue weighted by Crippen LogP contribution is 2.18. The molecule has 0 spiro atoms. The molecule has 2 amide bonds. The number of hydrogen-bond donors (Lipinski definition) is 2. The van der Waals surface area contributed by atoms with Crippen LogP contribution in [0, 0.1) is 0 Å². The van der Waals surface area contributed by atoms with Gasteiger partial charge in [-0.3, -0.25) is 14.4 Å². The first-order chi connectivity index (χ1) is 15.4. The van der Waals surface area contributed by atoms with Crippen LogP contribution < -0.4 is 15.4 Å². The number of halogens is 1. The van der Waals surface area contributed by atoms with Crippen LogP contribution in [0.5, 0.6) is 5.75 Å². The van der Waals surface area contributed by atoms with E-state index in [1.807, 2.05) is 0 Å². The number of carbonyl (C=O) groups is 3. The largest absolute Gasteiger partial charge is 0.497 e. The average molecular weight is 493 g/mol. The van der Waals surface area contributed by atoms with Crippen LogP contribution >= 0.6 is 15.9 Å². The SMILES string of the molecule is COc1ccc(C=C(NC(=O)c2ccccc2Br)C(=O)Nc2ccc(C(C)=O)cc2)cc1. The Balaban J connectivity index is 1.88. The Morgan fingerprint density at radius 2 is 1.56 bits per heavy atom. The van der Waals surface area contributed by atoms with Gasteiger partial charge in [-0.15, -0.1) is 0 Å². The molecular weight excluding hydrogens is 472 g/mol. The summed E-state index contributed by atoms with van der Waals surface area (Å²) in [5.41, 5.74) is 2.20. The molecule has 0 aliphatic heterocycles. The van der Waals surface area contributed by atoms with Gasteiger partial charge in [0.1, 0.15) is 11.4 Å². The second-order valence-corrected chi connectivity index (χ2v) is 7.71. The van der Waals surface area contributed by atoms with E-state index in [0.717, 1.165) is 0 Å². The molecule has 0 radical (unpaired) electrons. The number of nitrogens with one attached hydrogen (secondary N) is 2. The van der Waals surface area contributed by atoms with E-state index in [0.29, 0.717) is 32.6 Å². The predicted molar refractivity (Wildman–Crippen MR) is 128 cm³/mol. The van der Waals surface area contributed by atoms with E-state index in [2.05, 4.69) is 26.6 Å². The predicted octanol–water partition coefficient (Wildman–Crippen LogP) is 5.07. The number of benzene rings is 3. The van der Waals surface area contributed by atoms with Crippen molar-refractivity contribution >= 4 is 45.3 Å². The van der Waals surface area contributed by atoms with Crippen molar-refractivity contribution in [1.82, 2.24) is 5.32 Å². The molecule has 3 aromatic rings. The second kappa shape index (κ2) is 10.5. The zero-order valence-corrected chi connectivity index (χ0v) is 19.1. The lowest BCUT2D eigenvalue weighted by atomic mass is 10.1. The van der Waals surface area contributed by atoms with Crippen molar-refractivity contribution in [3.8, 4) is 5.75 Å². The van der Waals surface area contributed by atoms with Crippen molar-refractivity contribution in [1.29, 1.82) is 0 Å². The van der Waals surface area contributed by atoms with E-state index in [-0.39, 0.29) is 11.5 Å². The fourth-order valence-corrected chi connectivity index (χ4v) is 3.31. The lowest BCUT2D eigenvalue weighted by molar-refractivity contribution is -0.113. The molecule has 6 nitrogen and oxygen atoms in total. The molecule has 0 saturated carbocycles. The lowest BCUT2D eigenvalue weighted by Gasteiger charge is -2.12. The van der Waals surface area contributed by atoms with Crippen molar-refractivity contribution < 1.29 is 19.1 Å². The molecule has 0 unspecified atom stereocenters. The Morgan fingerprint density at radius 3 is 2.16 bits per heavy atom. The number of ketones is 1. The minimum atomic E-state index is -0.503. The van der Waals surface area contributed by atoms with Crippen LogP contribution in [0.2, 0.25) is 0 Å². The number of Topliss-reactive ketones (excluding diaryl/α,β-unsaturated/α-hetero) is 1. The standard InChI is InChI=1S/C25H21BrN2O4/c1-16(29)18-9-11-19(12-10-18)27-25(31)23(15-17-7-13-20(32-2)14-8-17)28-24(30)21-5-3-4-6-22(21)26/h3-15H,1-2H3,(H,27,31)(H,28,30). The van der Waals surface area contributed by atoms with Gasteiger partial charge in [-0.2, -0.15) is 0 Å². The summed E-state index contributed by atoms with van der Waals surface area (Å²) in [4.78, 5) is 37.3. The molecule has 0 bridgehead atoms. The molecule has 32 heavy (non-hydrogen) atoms. The first-order valence-electron chi connectivity index (χ1n) is 9.71. The molecule has 0 heterocycles. The summed E-state index contributed by atoms with van der Waals surface area (Å²) in [5.74, 6) is -0.323. The zero-order valence-electron chi connectivity index (χ0n) is 17.5. The van der Waals surface area contributed by atoms with E-state index < -0.39 is 11.8 Å². The lowest BCUT2D eigenvalue weighted by Crippen LogP contribution is -2.31. The highest BCUT2D eigenvalue weighted by molar-refractivity contribution is 9.10. The van der Waals surface area contributed by atoms with Crippen molar-refractivity contribution in [3.05, 3.63) is 99.7 Å². The van der Waals surface area contributed by atoms with Crippen LogP contribution in [0.1, 0.15) is 33.2 Å². The van der Waals surface area contributed by atoms with E-state index in [9.17, 15) is 14.4 Å². The summed E-state index contributed by atoms with van der Waals surface area (Å²) in [6.07, 6.45) is 1.58. The maximum atomic E-state index is 13.0. The van der Waals surface area contributed by atoms with Gasteiger partial charge in [-0.1, -0.05) is 24.3 Å². The Morgan fingerprint density at radius 1 is 0.906 bits per heavy atom. The number of methoxy groups -OCH3 is 1. The first-order valence-corrected chi connectivity index (χ1v) is 10.5. The quantitative estimate of drug-likeness (QED) is 0.356. The summed E-state index contributed by atoms with van der Waals surface area (Å²) >= 11 is 3.36. The van der Waals surface area contributed by atoms with E-state index >= 15 is 0 Å². The van der Waals surface area contributed by atoms with Gasteiger partial charge >= 0.3 is 0 Å². The van der Waals surface area contributed by atoms with Crippen molar-refractivity contribution in [2.24, 2.45) is 0 Å².